The van der Waals surface area contributed by atoms with Crippen LogP contribution in [0.1, 0.15) is 28.5 Å². The number of ether oxygens (including phenoxy) is 1. The molecule has 0 bridgehead atoms. The van der Waals surface area contributed by atoms with Gasteiger partial charge in [-0.3, -0.25) is 14.3 Å². The van der Waals surface area contributed by atoms with Gasteiger partial charge >= 0.3 is 5.97 Å². The summed E-state index contributed by atoms with van der Waals surface area (Å²) in [6.45, 7) is 4.75. The lowest BCUT2D eigenvalue weighted by molar-refractivity contribution is -0.123. The van der Waals surface area contributed by atoms with Crippen molar-refractivity contribution in [3.63, 3.8) is 0 Å². The standard InChI is InChI=1S/C22H23N3O5/c1-13-9-8-12-17(19(13)26)22(29)30-15(3)20(27)23-18-14(2)24(4)25(21(18)28)16-10-6-5-7-11-16/h5-12,15,26H,1-4H3,(H,23,27)/t15-/m1/s1. The molecule has 30 heavy (non-hydrogen) atoms. The van der Waals surface area contributed by atoms with E-state index in [4.69, 9.17) is 4.74 Å². The SMILES string of the molecule is Cc1cccc(C(=O)O[C@H](C)C(=O)Nc2c(C)n(C)n(-c3ccccc3)c2=O)c1O. The Balaban J connectivity index is 1.80. The van der Waals surface area contributed by atoms with Crippen molar-refractivity contribution < 1.29 is 19.4 Å². The number of hydrogen-bond acceptors (Lipinski definition) is 5. The number of benzene rings is 2. The van der Waals surface area contributed by atoms with Crippen molar-refractivity contribution in [2.24, 2.45) is 7.05 Å². The van der Waals surface area contributed by atoms with E-state index in [1.54, 1.807) is 49.8 Å². The highest BCUT2D eigenvalue weighted by Gasteiger charge is 2.24. The number of nitrogens with zero attached hydrogens (tertiary/aromatic N) is 2. The third-order valence-corrected chi connectivity index (χ3v) is 4.91. The summed E-state index contributed by atoms with van der Waals surface area (Å²) in [5, 5.41) is 12.6. The number of amides is 1. The van der Waals surface area contributed by atoms with Crippen LogP contribution in [0.15, 0.2) is 53.3 Å². The van der Waals surface area contributed by atoms with Crippen LogP contribution in [-0.2, 0) is 16.6 Å². The number of carbonyl (C=O) groups is 2. The topological polar surface area (TPSA) is 103 Å². The molecule has 0 saturated heterocycles. The Labute approximate surface area is 173 Å². The summed E-state index contributed by atoms with van der Waals surface area (Å²) in [4.78, 5) is 37.8. The first-order chi connectivity index (χ1) is 14.2. The molecule has 0 radical (unpaired) electrons. The number of para-hydroxylation sites is 2. The molecule has 0 spiro atoms. The molecule has 1 amide bonds. The molecule has 2 aromatic carbocycles. The summed E-state index contributed by atoms with van der Waals surface area (Å²) in [6, 6.07) is 13.7. The molecule has 3 aromatic rings. The number of anilines is 1. The van der Waals surface area contributed by atoms with E-state index < -0.39 is 23.5 Å². The molecule has 1 aromatic heterocycles. The molecule has 1 atom stereocenters. The summed E-state index contributed by atoms with van der Waals surface area (Å²) in [7, 11) is 1.71. The average molecular weight is 409 g/mol. The zero-order valence-corrected chi connectivity index (χ0v) is 17.2. The lowest BCUT2D eigenvalue weighted by Gasteiger charge is -2.14. The van der Waals surface area contributed by atoms with Gasteiger partial charge in [-0.15, -0.1) is 0 Å². The number of hydrogen-bond donors (Lipinski definition) is 2. The highest BCUT2D eigenvalue weighted by molar-refractivity contribution is 5.98. The first kappa shape index (κ1) is 20.9. The molecular formula is C22H23N3O5. The fourth-order valence-electron chi connectivity index (χ4n) is 3.04. The minimum Gasteiger partial charge on any atom is -0.507 e. The van der Waals surface area contributed by atoms with E-state index in [0.717, 1.165) is 0 Å². The van der Waals surface area contributed by atoms with Crippen molar-refractivity contribution in [2.75, 3.05) is 5.32 Å². The predicted molar refractivity (Wildman–Crippen MR) is 112 cm³/mol. The van der Waals surface area contributed by atoms with E-state index >= 15 is 0 Å². The number of aromatic nitrogens is 2. The van der Waals surface area contributed by atoms with Crippen molar-refractivity contribution in [1.29, 1.82) is 0 Å². The first-order valence-corrected chi connectivity index (χ1v) is 9.36. The molecule has 2 N–H and O–H groups in total. The van der Waals surface area contributed by atoms with Gasteiger partial charge in [0.1, 0.15) is 17.0 Å². The normalized spacial score (nSPS) is 11.7. The van der Waals surface area contributed by atoms with Gasteiger partial charge in [-0.2, -0.15) is 0 Å². The Hall–Kier alpha value is -3.81. The molecule has 0 saturated carbocycles. The van der Waals surface area contributed by atoms with Crippen molar-refractivity contribution >= 4 is 17.6 Å². The molecule has 0 aliphatic rings. The Morgan fingerprint density at radius 1 is 1.07 bits per heavy atom. The van der Waals surface area contributed by atoms with Crippen molar-refractivity contribution in [3.8, 4) is 11.4 Å². The maximum atomic E-state index is 12.9. The summed E-state index contributed by atoms with van der Waals surface area (Å²) in [5.74, 6) is -1.67. The highest BCUT2D eigenvalue weighted by Crippen LogP contribution is 2.23. The van der Waals surface area contributed by atoms with Crippen LogP contribution in [0.5, 0.6) is 5.75 Å². The fraction of sp³-hybridized carbons (Fsp3) is 0.227. The van der Waals surface area contributed by atoms with Crippen molar-refractivity contribution in [2.45, 2.75) is 26.9 Å². The van der Waals surface area contributed by atoms with Crippen molar-refractivity contribution in [1.82, 2.24) is 9.36 Å². The smallest absolute Gasteiger partial charge is 0.342 e. The zero-order valence-electron chi connectivity index (χ0n) is 17.2. The van der Waals surface area contributed by atoms with Gasteiger partial charge in [-0.05, 0) is 44.5 Å². The molecule has 1 heterocycles. The third kappa shape index (κ3) is 3.84. The Kier molecular flexibility index (Phi) is 5.77. The number of esters is 1. The summed E-state index contributed by atoms with van der Waals surface area (Å²) in [5.41, 5.74) is 1.40. The van der Waals surface area contributed by atoms with Gasteiger partial charge in [-0.25, -0.2) is 9.48 Å². The van der Waals surface area contributed by atoms with E-state index in [1.807, 2.05) is 18.2 Å². The van der Waals surface area contributed by atoms with Crippen LogP contribution >= 0.6 is 0 Å². The van der Waals surface area contributed by atoms with Crippen molar-refractivity contribution in [3.05, 3.63) is 75.7 Å². The second-order valence-electron chi connectivity index (χ2n) is 6.94. The van der Waals surface area contributed by atoms with Crippen LogP contribution < -0.4 is 10.9 Å². The van der Waals surface area contributed by atoms with Gasteiger partial charge in [0.15, 0.2) is 6.10 Å². The second kappa shape index (κ2) is 8.28. The number of phenols is 1. The average Bonchev–Trinajstić information content (AvgIpc) is 2.93. The molecule has 3 rings (SSSR count). The summed E-state index contributed by atoms with van der Waals surface area (Å²) < 4.78 is 8.25. The van der Waals surface area contributed by atoms with Crippen LogP contribution in [0.4, 0.5) is 5.69 Å². The molecule has 0 aliphatic carbocycles. The van der Waals surface area contributed by atoms with E-state index in [0.29, 0.717) is 16.9 Å². The number of nitrogens with one attached hydrogen (secondary N) is 1. The molecule has 156 valence electrons. The van der Waals surface area contributed by atoms with Crippen LogP contribution in [0.2, 0.25) is 0 Å². The first-order valence-electron chi connectivity index (χ1n) is 9.36. The fourth-order valence-corrected chi connectivity index (χ4v) is 3.04. The van der Waals surface area contributed by atoms with Crippen LogP contribution in [0.25, 0.3) is 5.69 Å². The third-order valence-electron chi connectivity index (χ3n) is 4.91. The predicted octanol–water partition coefficient (Wildman–Crippen LogP) is 2.68. The maximum Gasteiger partial charge on any atom is 0.342 e. The van der Waals surface area contributed by atoms with E-state index in [-0.39, 0.29) is 17.0 Å². The van der Waals surface area contributed by atoms with E-state index in [1.165, 1.54) is 17.7 Å². The number of rotatable bonds is 5. The Bertz CT molecular complexity index is 1160. The Morgan fingerprint density at radius 2 is 1.73 bits per heavy atom. The molecule has 0 aliphatic heterocycles. The highest BCUT2D eigenvalue weighted by atomic mass is 16.5. The van der Waals surface area contributed by atoms with Gasteiger partial charge in [0.05, 0.1) is 11.4 Å². The van der Waals surface area contributed by atoms with E-state index in [9.17, 15) is 19.5 Å². The molecule has 8 nitrogen and oxygen atoms in total. The number of aryl methyl sites for hydroxylation is 1. The summed E-state index contributed by atoms with van der Waals surface area (Å²) in [6.07, 6.45) is -1.18. The monoisotopic (exact) mass is 409 g/mol. The van der Waals surface area contributed by atoms with Gasteiger partial charge in [0, 0.05) is 7.05 Å². The van der Waals surface area contributed by atoms with Crippen LogP contribution in [0, 0.1) is 13.8 Å². The lowest BCUT2D eigenvalue weighted by atomic mass is 10.1. The van der Waals surface area contributed by atoms with Gasteiger partial charge < -0.3 is 15.2 Å². The van der Waals surface area contributed by atoms with Crippen LogP contribution in [0.3, 0.4) is 0 Å². The van der Waals surface area contributed by atoms with Crippen LogP contribution in [-0.4, -0.2) is 32.5 Å². The maximum absolute atomic E-state index is 12.9. The second-order valence-corrected chi connectivity index (χ2v) is 6.94. The largest absolute Gasteiger partial charge is 0.507 e. The number of aromatic hydroxyl groups is 1. The molecular weight excluding hydrogens is 386 g/mol. The van der Waals surface area contributed by atoms with Gasteiger partial charge in [0.25, 0.3) is 11.5 Å². The molecule has 8 heteroatoms. The van der Waals surface area contributed by atoms with Gasteiger partial charge in [0.2, 0.25) is 0 Å². The quantitative estimate of drug-likeness (QED) is 0.631. The summed E-state index contributed by atoms with van der Waals surface area (Å²) >= 11 is 0. The lowest BCUT2D eigenvalue weighted by Crippen LogP contribution is -2.32. The van der Waals surface area contributed by atoms with Gasteiger partial charge in [-0.1, -0.05) is 30.3 Å². The minimum absolute atomic E-state index is 0.0306. The van der Waals surface area contributed by atoms with E-state index in [2.05, 4.69) is 5.32 Å². The zero-order chi connectivity index (χ0) is 22.0. The molecule has 0 fully saturated rings. The minimum atomic E-state index is -1.18. The molecule has 0 unspecified atom stereocenters. The number of phenolic OH excluding ortho intramolecular Hbond substituents is 1. The number of carbonyl (C=O) groups excluding carboxylic acids is 2. The Morgan fingerprint density at radius 3 is 2.40 bits per heavy atom.